The summed E-state index contributed by atoms with van der Waals surface area (Å²) >= 11 is 0. The van der Waals surface area contributed by atoms with Gasteiger partial charge < -0.3 is 19.5 Å². The van der Waals surface area contributed by atoms with Gasteiger partial charge in [0.25, 0.3) is 5.91 Å². The zero-order valence-corrected chi connectivity index (χ0v) is 30.0. The quantitative estimate of drug-likeness (QED) is 0.225. The molecule has 10 heteroatoms. The summed E-state index contributed by atoms with van der Waals surface area (Å²) in [6, 6.07) is 7.02. The smallest absolute Gasteiger partial charge is 0.291 e. The van der Waals surface area contributed by atoms with E-state index in [9.17, 15) is 14.9 Å². The van der Waals surface area contributed by atoms with Gasteiger partial charge in [-0.05, 0) is 89.0 Å². The van der Waals surface area contributed by atoms with E-state index in [2.05, 4.69) is 83.6 Å². The van der Waals surface area contributed by atoms with Crippen LogP contribution in [0.15, 0.2) is 24.4 Å². The standard InChI is InChI=1S/C35H52N6O3Si/c1-24(42)41-34(4,5)19-26(20-35(41,6)7)28-11-12-29(30(38-28)25-13-15-33(2,3)16-14-25)39-32(43)31-37-27(21-36)22-40(31)23-44-17-18-45(8,9)10/h11-13,22,26H,14-20,23H2,1-10H3,(H,39,43). The van der Waals surface area contributed by atoms with E-state index in [1.54, 1.807) is 17.7 Å². The molecule has 0 spiro atoms. The number of pyridine rings is 1. The molecule has 1 N–H and O–H groups in total. The topological polar surface area (TPSA) is 113 Å². The SMILES string of the molecule is CC(=O)N1C(C)(C)CC(c2ccc(NC(=O)c3nc(C#N)cn3COCC[Si](C)(C)C)c(C3=CCC(C)(C)CC3)n2)CC1(C)C. The van der Waals surface area contributed by atoms with Crippen LogP contribution in [0.1, 0.15) is 114 Å². The lowest BCUT2D eigenvalue weighted by Gasteiger charge is -2.55. The van der Waals surface area contributed by atoms with Gasteiger partial charge in [0.1, 0.15) is 12.8 Å². The molecule has 2 aromatic rings. The van der Waals surface area contributed by atoms with E-state index in [0.29, 0.717) is 12.3 Å². The number of rotatable bonds is 9. The van der Waals surface area contributed by atoms with Crippen LogP contribution in [0.4, 0.5) is 5.69 Å². The van der Waals surface area contributed by atoms with Crippen LogP contribution in [0.5, 0.6) is 0 Å². The predicted octanol–water partition coefficient (Wildman–Crippen LogP) is 7.59. The van der Waals surface area contributed by atoms with Crippen LogP contribution >= 0.6 is 0 Å². The molecular formula is C35H52N6O3Si. The number of imidazole rings is 1. The Morgan fingerprint density at radius 2 is 1.76 bits per heavy atom. The van der Waals surface area contributed by atoms with Crippen molar-refractivity contribution in [3.05, 3.63) is 47.3 Å². The van der Waals surface area contributed by atoms with Gasteiger partial charge in [-0.3, -0.25) is 14.6 Å². The number of nitrogens with one attached hydrogen (secondary N) is 1. The van der Waals surface area contributed by atoms with Crippen molar-refractivity contribution in [2.45, 2.75) is 130 Å². The molecule has 4 rings (SSSR count). The number of piperidine rings is 1. The molecule has 1 saturated heterocycles. The third-order valence-corrected chi connectivity index (χ3v) is 10.9. The highest BCUT2D eigenvalue weighted by atomic mass is 28.3. The Hall–Kier alpha value is -3.29. The molecule has 3 heterocycles. The molecule has 0 bridgehead atoms. The number of amides is 2. The monoisotopic (exact) mass is 632 g/mol. The highest BCUT2D eigenvalue weighted by molar-refractivity contribution is 6.76. The van der Waals surface area contributed by atoms with Crippen molar-refractivity contribution in [1.29, 1.82) is 5.26 Å². The Labute approximate surface area is 270 Å². The average molecular weight is 633 g/mol. The molecule has 0 saturated carbocycles. The van der Waals surface area contributed by atoms with Crippen molar-refractivity contribution < 1.29 is 14.3 Å². The second kappa shape index (κ2) is 12.8. The summed E-state index contributed by atoms with van der Waals surface area (Å²) in [5, 5.41) is 12.6. The summed E-state index contributed by atoms with van der Waals surface area (Å²) in [5.41, 5.74) is 3.24. The molecule has 0 unspecified atom stereocenters. The number of hydrogen-bond donors (Lipinski definition) is 1. The summed E-state index contributed by atoms with van der Waals surface area (Å²) < 4.78 is 7.50. The van der Waals surface area contributed by atoms with Gasteiger partial charge >= 0.3 is 0 Å². The summed E-state index contributed by atoms with van der Waals surface area (Å²) in [6.07, 6.45) is 8.25. The van der Waals surface area contributed by atoms with E-state index in [-0.39, 0.29) is 46.6 Å². The summed E-state index contributed by atoms with van der Waals surface area (Å²) in [6.45, 7) is 22.4. The molecule has 0 aromatic carbocycles. The zero-order valence-electron chi connectivity index (χ0n) is 29.0. The number of nitriles is 1. The molecule has 1 aliphatic heterocycles. The molecule has 9 nitrogen and oxygen atoms in total. The van der Waals surface area contributed by atoms with Gasteiger partial charge in [0, 0.05) is 50.5 Å². The number of nitrogens with zero attached hydrogens (tertiary/aromatic N) is 5. The molecule has 45 heavy (non-hydrogen) atoms. The van der Waals surface area contributed by atoms with E-state index in [1.165, 1.54) is 0 Å². The van der Waals surface area contributed by atoms with Crippen LogP contribution in [0.2, 0.25) is 25.7 Å². The lowest BCUT2D eigenvalue weighted by molar-refractivity contribution is -0.147. The fourth-order valence-electron chi connectivity index (χ4n) is 7.15. The summed E-state index contributed by atoms with van der Waals surface area (Å²) in [4.78, 5) is 37.9. The fourth-order valence-corrected chi connectivity index (χ4v) is 7.91. The van der Waals surface area contributed by atoms with Crippen molar-refractivity contribution >= 4 is 31.1 Å². The molecule has 2 amide bonds. The number of anilines is 1. The van der Waals surface area contributed by atoms with Crippen LogP contribution in [-0.2, 0) is 16.3 Å². The Balaban J connectivity index is 1.66. The third-order valence-electron chi connectivity index (χ3n) is 9.20. The van der Waals surface area contributed by atoms with Crippen LogP contribution in [0.3, 0.4) is 0 Å². The van der Waals surface area contributed by atoms with E-state index in [1.807, 2.05) is 17.0 Å². The molecule has 0 radical (unpaired) electrons. The lowest BCUT2D eigenvalue weighted by Crippen LogP contribution is -2.61. The lowest BCUT2D eigenvalue weighted by atomic mass is 9.72. The minimum Gasteiger partial charge on any atom is -0.361 e. The molecule has 1 aliphatic carbocycles. The normalized spacial score (nSPS) is 19.5. The summed E-state index contributed by atoms with van der Waals surface area (Å²) in [7, 11) is -1.27. The van der Waals surface area contributed by atoms with Crippen LogP contribution in [0.25, 0.3) is 5.57 Å². The van der Waals surface area contributed by atoms with Crippen molar-refractivity contribution in [2.24, 2.45) is 5.41 Å². The first-order valence-corrected chi connectivity index (χ1v) is 19.9. The second-order valence-electron chi connectivity index (χ2n) is 16.1. The number of carbonyl (C=O) groups is 2. The minimum absolute atomic E-state index is 0.0875. The highest BCUT2D eigenvalue weighted by Crippen LogP contribution is 2.46. The van der Waals surface area contributed by atoms with Crippen molar-refractivity contribution in [3.63, 3.8) is 0 Å². The van der Waals surface area contributed by atoms with Crippen molar-refractivity contribution in [1.82, 2.24) is 19.4 Å². The van der Waals surface area contributed by atoms with Gasteiger partial charge in [0.15, 0.2) is 5.69 Å². The van der Waals surface area contributed by atoms with Crippen LogP contribution in [0, 0.1) is 16.7 Å². The summed E-state index contributed by atoms with van der Waals surface area (Å²) in [5.74, 6) is -0.0343. The number of likely N-dealkylation sites (tertiary alicyclic amines) is 1. The van der Waals surface area contributed by atoms with Crippen LogP contribution in [-0.4, -0.2) is 57.0 Å². The van der Waals surface area contributed by atoms with E-state index in [4.69, 9.17) is 9.72 Å². The maximum absolute atomic E-state index is 13.7. The van der Waals surface area contributed by atoms with Gasteiger partial charge in [0.2, 0.25) is 11.7 Å². The molecule has 1 fully saturated rings. The van der Waals surface area contributed by atoms with E-state index >= 15 is 0 Å². The maximum Gasteiger partial charge on any atom is 0.291 e. The van der Waals surface area contributed by atoms with Crippen molar-refractivity contribution in [3.8, 4) is 6.07 Å². The Kier molecular flexibility index (Phi) is 9.86. The van der Waals surface area contributed by atoms with Gasteiger partial charge in [-0.2, -0.15) is 5.26 Å². The van der Waals surface area contributed by atoms with Gasteiger partial charge in [-0.1, -0.05) is 39.6 Å². The average Bonchev–Trinajstić information content (AvgIpc) is 3.33. The maximum atomic E-state index is 13.7. The largest absolute Gasteiger partial charge is 0.361 e. The first-order valence-electron chi connectivity index (χ1n) is 16.2. The van der Waals surface area contributed by atoms with Gasteiger partial charge in [-0.15, -0.1) is 0 Å². The molecule has 2 aromatic heterocycles. The van der Waals surface area contributed by atoms with Gasteiger partial charge in [0.05, 0.1) is 11.4 Å². The number of ether oxygens (including phenoxy) is 1. The zero-order chi connectivity index (χ0) is 33.4. The van der Waals surface area contributed by atoms with E-state index < -0.39 is 14.0 Å². The van der Waals surface area contributed by atoms with Crippen LogP contribution < -0.4 is 5.32 Å². The fraction of sp³-hybridized carbons (Fsp3) is 0.629. The van der Waals surface area contributed by atoms with Gasteiger partial charge in [-0.25, -0.2) is 4.98 Å². The molecule has 0 atom stereocenters. The first-order chi connectivity index (χ1) is 20.8. The predicted molar refractivity (Wildman–Crippen MR) is 181 cm³/mol. The number of aromatic nitrogens is 3. The minimum atomic E-state index is -1.27. The Bertz CT molecular complexity index is 1490. The molecular weight excluding hydrogens is 581 g/mol. The Morgan fingerprint density at radius 3 is 2.31 bits per heavy atom. The first kappa shape index (κ1) is 34.6. The van der Waals surface area contributed by atoms with E-state index in [0.717, 1.165) is 55.1 Å². The number of allylic oxidation sites excluding steroid dienone is 2. The van der Waals surface area contributed by atoms with Crippen molar-refractivity contribution in [2.75, 3.05) is 11.9 Å². The third kappa shape index (κ3) is 8.30. The second-order valence-corrected chi connectivity index (χ2v) is 21.8. The number of hydrogen-bond acceptors (Lipinski definition) is 6. The molecule has 244 valence electrons. The Morgan fingerprint density at radius 1 is 1.09 bits per heavy atom. The highest BCUT2D eigenvalue weighted by Gasteiger charge is 2.47. The molecule has 2 aliphatic rings. The number of carbonyl (C=O) groups excluding carboxylic acids is 2.